The van der Waals surface area contributed by atoms with Gasteiger partial charge in [-0.3, -0.25) is 4.68 Å². The Morgan fingerprint density at radius 2 is 2.24 bits per heavy atom. The maximum absolute atomic E-state index is 10.8. The number of fused-ring (bicyclic) bond motifs is 1. The van der Waals surface area contributed by atoms with Gasteiger partial charge < -0.3 is 9.84 Å². The molecule has 0 radical (unpaired) electrons. The Labute approximate surface area is 125 Å². The van der Waals surface area contributed by atoms with E-state index < -0.39 is 6.10 Å². The number of benzene rings is 1. The number of aliphatic hydroxyl groups excluding tert-OH is 1. The molecule has 21 heavy (non-hydrogen) atoms. The quantitative estimate of drug-likeness (QED) is 0.940. The molecule has 0 aliphatic carbocycles. The van der Waals surface area contributed by atoms with Crippen LogP contribution in [0.1, 0.15) is 48.9 Å². The first-order chi connectivity index (χ1) is 10.2. The first kappa shape index (κ1) is 14.1. The molecule has 1 unspecified atom stereocenters. The summed E-state index contributed by atoms with van der Waals surface area (Å²) in [5.74, 6) is 0.859. The van der Waals surface area contributed by atoms with E-state index in [0.29, 0.717) is 0 Å². The highest BCUT2D eigenvalue weighted by Gasteiger charge is 2.23. The van der Waals surface area contributed by atoms with Crippen molar-refractivity contribution < 1.29 is 9.84 Å². The zero-order chi connectivity index (χ0) is 14.8. The van der Waals surface area contributed by atoms with Gasteiger partial charge in [0.05, 0.1) is 18.0 Å². The van der Waals surface area contributed by atoms with Crippen molar-refractivity contribution in [1.29, 1.82) is 0 Å². The lowest BCUT2D eigenvalue weighted by Gasteiger charge is -2.23. The first-order valence-electron chi connectivity index (χ1n) is 7.73. The molecule has 2 heterocycles. The molecule has 0 amide bonds. The lowest BCUT2D eigenvalue weighted by atomic mass is 9.97. The van der Waals surface area contributed by atoms with Crippen molar-refractivity contribution >= 4 is 0 Å². The summed E-state index contributed by atoms with van der Waals surface area (Å²) in [4.78, 5) is 0. The van der Waals surface area contributed by atoms with Gasteiger partial charge in [-0.1, -0.05) is 25.1 Å². The average molecular weight is 286 g/mol. The fourth-order valence-electron chi connectivity index (χ4n) is 2.92. The smallest absolute Gasteiger partial charge is 0.128 e. The zero-order valence-corrected chi connectivity index (χ0v) is 12.7. The van der Waals surface area contributed by atoms with Gasteiger partial charge in [0.15, 0.2) is 0 Å². The van der Waals surface area contributed by atoms with Crippen LogP contribution in [0.3, 0.4) is 0 Å². The van der Waals surface area contributed by atoms with Gasteiger partial charge in [-0.15, -0.1) is 0 Å². The van der Waals surface area contributed by atoms with Gasteiger partial charge in [0, 0.05) is 12.1 Å². The van der Waals surface area contributed by atoms with Crippen molar-refractivity contribution in [3.63, 3.8) is 0 Å². The van der Waals surface area contributed by atoms with Crippen LogP contribution < -0.4 is 4.74 Å². The molecule has 4 heteroatoms. The van der Waals surface area contributed by atoms with E-state index in [9.17, 15) is 5.11 Å². The van der Waals surface area contributed by atoms with Gasteiger partial charge in [0.25, 0.3) is 0 Å². The number of para-hydroxylation sites is 1. The number of hydrogen-bond donors (Lipinski definition) is 1. The monoisotopic (exact) mass is 286 g/mol. The number of ether oxygens (including phenoxy) is 1. The Morgan fingerprint density at radius 1 is 1.38 bits per heavy atom. The van der Waals surface area contributed by atoms with Crippen molar-refractivity contribution in [2.45, 2.75) is 45.8 Å². The van der Waals surface area contributed by atoms with Gasteiger partial charge in [0.1, 0.15) is 11.9 Å². The molecule has 0 spiro atoms. The number of aliphatic hydroxyl groups is 1. The number of hydrogen-bond acceptors (Lipinski definition) is 3. The number of nitrogens with zero attached hydrogens (tertiary/aromatic N) is 2. The second kappa shape index (κ2) is 5.90. The van der Waals surface area contributed by atoms with E-state index in [1.54, 1.807) is 0 Å². The Kier molecular flexibility index (Phi) is 3.97. The molecule has 1 aromatic carbocycles. The van der Waals surface area contributed by atoms with E-state index in [0.717, 1.165) is 55.1 Å². The Morgan fingerprint density at radius 3 is 3.00 bits per heavy atom. The predicted molar refractivity (Wildman–Crippen MR) is 81.6 cm³/mol. The van der Waals surface area contributed by atoms with Crippen molar-refractivity contribution in [2.75, 3.05) is 6.61 Å². The van der Waals surface area contributed by atoms with E-state index in [4.69, 9.17) is 4.74 Å². The maximum atomic E-state index is 10.8. The summed E-state index contributed by atoms with van der Waals surface area (Å²) in [6, 6.07) is 8.03. The Balaban J connectivity index is 2.02. The van der Waals surface area contributed by atoms with E-state index in [1.807, 2.05) is 29.8 Å². The third kappa shape index (κ3) is 2.56. The van der Waals surface area contributed by atoms with E-state index >= 15 is 0 Å². The van der Waals surface area contributed by atoms with Gasteiger partial charge >= 0.3 is 0 Å². The normalized spacial score (nSPS) is 15.4. The molecule has 112 valence electrons. The van der Waals surface area contributed by atoms with Crippen LogP contribution in [0.4, 0.5) is 0 Å². The number of rotatable bonds is 4. The lowest BCUT2D eigenvalue weighted by Crippen LogP contribution is -2.14. The van der Waals surface area contributed by atoms with Gasteiger partial charge in [-0.2, -0.15) is 5.10 Å². The Bertz CT molecular complexity index is 634. The first-order valence-corrected chi connectivity index (χ1v) is 7.73. The molecular weight excluding hydrogens is 264 g/mol. The van der Waals surface area contributed by atoms with E-state index in [-0.39, 0.29) is 0 Å². The summed E-state index contributed by atoms with van der Waals surface area (Å²) in [7, 11) is 0. The van der Waals surface area contributed by atoms with Crippen LogP contribution >= 0.6 is 0 Å². The van der Waals surface area contributed by atoms with Crippen molar-refractivity contribution in [2.24, 2.45) is 0 Å². The minimum Gasteiger partial charge on any atom is -0.493 e. The SMILES string of the molecule is CCc1cc(C(O)c2cccc3c2OCCC3)n(CC)n1. The van der Waals surface area contributed by atoms with E-state index in [2.05, 4.69) is 18.1 Å². The molecule has 1 aliphatic rings. The summed E-state index contributed by atoms with van der Waals surface area (Å²) < 4.78 is 7.69. The third-order valence-electron chi connectivity index (χ3n) is 4.06. The van der Waals surface area contributed by atoms with Crippen molar-refractivity contribution in [3.8, 4) is 5.75 Å². The zero-order valence-electron chi connectivity index (χ0n) is 12.7. The molecule has 1 aliphatic heterocycles. The maximum Gasteiger partial charge on any atom is 0.128 e. The highest BCUT2D eigenvalue weighted by atomic mass is 16.5. The summed E-state index contributed by atoms with van der Waals surface area (Å²) in [6.07, 6.45) is 2.24. The number of aromatic nitrogens is 2. The van der Waals surface area contributed by atoms with Crippen LogP contribution in [0.25, 0.3) is 0 Å². The van der Waals surface area contributed by atoms with Crippen LogP contribution in [-0.2, 0) is 19.4 Å². The highest BCUT2D eigenvalue weighted by Crippen LogP contribution is 2.35. The molecular formula is C17H22N2O2. The van der Waals surface area contributed by atoms with Crippen molar-refractivity contribution in [3.05, 3.63) is 46.8 Å². The minimum absolute atomic E-state index is 0.689. The summed E-state index contributed by atoms with van der Waals surface area (Å²) >= 11 is 0. The molecule has 1 aromatic heterocycles. The molecule has 0 saturated heterocycles. The second-order valence-electron chi connectivity index (χ2n) is 5.42. The topological polar surface area (TPSA) is 47.3 Å². The van der Waals surface area contributed by atoms with Crippen LogP contribution in [-0.4, -0.2) is 21.5 Å². The lowest BCUT2D eigenvalue weighted by molar-refractivity contribution is 0.196. The predicted octanol–water partition coefficient (Wildman–Crippen LogP) is 2.87. The highest BCUT2D eigenvalue weighted by molar-refractivity contribution is 5.46. The second-order valence-corrected chi connectivity index (χ2v) is 5.42. The molecule has 2 aromatic rings. The fraction of sp³-hybridized carbons (Fsp3) is 0.471. The molecule has 4 nitrogen and oxygen atoms in total. The van der Waals surface area contributed by atoms with Crippen molar-refractivity contribution in [1.82, 2.24) is 9.78 Å². The Hall–Kier alpha value is -1.81. The van der Waals surface area contributed by atoms with Gasteiger partial charge in [-0.25, -0.2) is 0 Å². The van der Waals surface area contributed by atoms with Crippen LogP contribution in [0, 0.1) is 0 Å². The van der Waals surface area contributed by atoms with Gasteiger partial charge in [-0.05, 0) is 37.8 Å². The molecule has 1 N–H and O–H groups in total. The van der Waals surface area contributed by atoms with Crippen LogP contribution in [0.2, 0.25) is 0 Å². The number of aryl methyl sites for hydroxylation is 3. The molecule has 0 bridgehead atoms. The van der Waals surface area contributed by atoms with Crippen LogP contribution in [0.5, 0.6) is 5.75 Å². The summed E-state index contributed by atoms with van der Waals surface area (Å²) in [5.41, 5.74) is 3.90. The third-order valence-corrected chi connectivity index (χ3v) is 4.06. The molecule has 0 fully saturated rings. The standard InChI is InChI=1S/C17H22N2O2/c1-3-13-11-15(19(4-2)18-13)16(20)14-9-5-7-12-8-6-10-21-17(12)14/h5,7,9,11,16,20H,3-4,6,8,10H2,1-2H3. The minimum atomic E-state index is -0.689. The summed E-state index contributed by atoms with van der Waals surface area (Å²) in [5, 5.41) is 15.3. The largest absolute Gasteiger partial charge is 0.493 e. The van der Waals surface area contributed by atoms with E-state index in [1.165, 1.54) is 5.56 Å². The fourth-order valence-corrected chi connectivity index (χ4v) is 2.92. The summed E-state index contributed by atoms with van der Waals surface area (Å²) in [6.45, 7) is 5.60. The van der Waals surface area contributed by atoms with Gasteiger partial charge in [0.2, 0.25) is 0 Å². The molecule has 3 rings (SSSR count). The van der Waals surface area contributed by atoms with Crippen LogP contribution in [0.15, 0.2) is 24.3 Å². The average Bonchev–Trinajstić information content (AvgIpc) is 2.97. The molecule has 1 atom stereocenters. The molecule has 0 saturated carbocycles.